The largest absolute Gasteiger partial charge is 0.496 e. The number of carbonyl (C=O) groups is 1. The molecular weight excluding hydrogens is 216 g/mol. The molecule has 94 valence electrons. The molecule has 1 rings (SSSR count). The molecule has 0 aliphatic carbocycles. The van der Waals surface area contributed by atoms with Gasteiger partial charge in [0.1, 0.15) is 5.75 Å². The van der Waals surface area contributed by atoms with Gasteiger partial charge in [0.2, 0.25) is 0 Å². The Bertz CT molecular complexity index is 442. The number of nitrogens with zero attached hydrogens (tertiary/aromatic N) is 1. The van der Waals surface area contributed by atoms with Gasteiger partial charge >= 0.3 is 6.03 Å². The molecule has 2 amide bonds. The topological polar surface area (TPSA) is 55.6 Å². The summed E-state index contributed by atoms with van der Waals surface area (Å²) >= 11 is 0. The Labute approximate surface area is 102 Å². The van der Waals surface area contributed by atoms with Gasteiger partial charge in [-0.05, 0) is 49.1 Å². The van der Waals surface area contributed by atoms with E-state index in [9.17, 15) is 4.79 Å². The predicted molar refractivity (Wildman–Crippen MR) is 68.3 cm³/mol. The first-order chi connectivity index (χ1) is 7.88. The Kier molecular flexibility index (Phi) is 3.99. The van der Waals surface area contributed by atoms with Crippen molar-refractivity contribution >= 4 is 6.03 Å². The number of rotatable bonds is 3. The molecule has 0 bridgehead atoms. The standard InChI is InChI=1S/C13H20N2O2/c1-8-6-12(17-5)10(3)9(2)11(8)7-15(4)13(14)16/h6H,7H2,1-5H3,(H2,14,16). The van der Waals surface area contributed by atoms with Gasteiger partial charge in [0.15, 0.2) is 0 Å². The van der Waals surface area contributed by atoms with E-state index in [1.807, 2.05) is 26.8 Å². The van der Waals surface area contributed by atoms with Crippen molar-refractivity contribution in [2.45, 2.75) is 27.3 Å². The molecule has 4 heteroatoms. The molecule has 2 N–H and O–H groups in total. The number of nitrogens with two attached hydrogens (primary N) is 1. The maximum Gasteiger partial charge on any atom is 0.314 e. The van der Waals surface area contributed by atoms with E-state index in [1.165, 1.54) is 4.90 Å². The molecule has 0 unspecified atom stereocenters. The van der Waals surface area contributed by atoms with Crippen molar-refractivity contribution in [1.82, 2.24) is 4.90 Å². The Morgan fingerprint density at radius 1 is 1.35 bits per heavy atom. The predicted octanol–water partition coefficient (Wildman–Crippen LogP) is 2.13. The first kappa shape index (κ1) is 13.4. The maximum atomic E-state index is 11.1. The monoisotopic (exact) mass is 236 g/mol. The summed E-state index contributed by atoms with van der Waals surface area (Å²) in [6.07, 6.45) is 0. The van der Waals surface area contributed by atoms with Gasteiger partial charge in [0.05, 0.1) is 7.11 Å². The summed E-state index contributed by atoms with van der Waals surface area (Å²) in [5.74, 6) is 0.880. The van der Waals surface area contributed by atoms with E-state index in [4.69, 9.17) is 10.5 Å². The lowest BCUT2D eigenvalue weighted by Crippen LogP contribution is -2.32. The first-order valence-corrected chi connectivity index (χ1v) is 5.52. The molecule has 1 aromatic rings. The lowest BCUT2D eigenvalue weighted by atomic mass is 9.97. The van der Waals surface area contributed by atoms with Gasteiger partial charge in [0, 0.05) is 13.6 Å². The number of amides is 2. The second kappa shape index (κ2) is 5.08. The van der Waals surface area contributed by atoms with Crippen LogP contribution in [0.3, 0.4) is 0 Å². The summed E-state index contributed by atoms with van der Waals surface area (Å²) in [7, 11) is 3.36. The molecule has 0 spiro atoms. The van der Waals surface area contributed by atoms with E-state index >= 15 is 0 Å². The van der Waals surface area contributed by atoms with Crippen molar-refractivity contribution < 1.29 is 9.53 Å². The van der Waals surface area contributed by atoms with Crippen LogP contribution in [0.5, 0.6) is 5.75 Å². The van der Waals surface area contributed by atoms with E-state index in [-0.39, 0.29) is 0 Å². The van der Waals surface area contributed by atoms with Crippen molar-refractivity contribution in [3.8, 4) is 5.75 Å². The molecule has 17 heavy (non-hydrogen) atoms. The second-order valence-electron chi connectivity index (χ2n) is 4.32. The summed E-state index contributed by atoms with van der Waals surface area (Å²) in [4.78, 5) is 12.6. The highest BCUT2D eigenvalue weighted by atomic mass is 16.5. The van der Waals surface area contributed by atoms with Gasteiger partial charge in [0.25, 0.3) is 0 Å². The molecule has 0 saturated carbocycles. The van der Waals surface area contributed by atoms with Gasteiger partial charge in [-0.1, -0.05) is 0 Å². The zero-order valence-electron chi connectivity index (χ0n) is 11.1. The van der Waals surface area contributed by atoms with E-state index in [1.54, 1.807) is 14.2 Å². The van der Waals surface area contributed by atoms with Crippen LogP contribution in [0.4, 0.5) is 4.79 Å². The van der Waals surface area contributed by atoms with Gasteiger partial charge in [-0.25, -0.2) is 4.79 Å². The van der Waals surface area contributed by atoms with E-state index in [0.717, 1.165) is 28.0 Å². The molecule has 0 saturated heterocycles. The van der Waals surface area contributed by atoms with Crippen molar-refractivity contribution in [3.05, 3.63) is 28.3 Å². The molecule has 0 aliphatic heterocycles. The zero-order chi connectivity index (χ0) is 13.2. The van der Waals surface area contributed by atoms with Crippen LogP contribution in [-0.4, -0.2) is 25.1 Å². The number of ether oxygens (including phenoxy) is 1. The highest BCUT2D eigenvalue weighted by Crippen LogP contribution is 2.28. The van der Waals surface area contributed by atoms with Crippen molar-refractivity contribution in [1.29, 1.82) is 0 Å². The minimum Gasteiger partial charge on any atom is -0.496 e. The average molecular weight is 236 g/mol. The molecule has 4 nitrogen and oxygen atoms in total. The summed E-state index contributed by atoms with van der Waals surface area (Å²) in [6, 6.07) is 1.57. The molecule has 0 atom stereocenters. The SMILES string of the molecule is COc1cc(C)c(CN(C)C(N)=O)c(C)c1C. The highest BCUT2D eigenvalue weighted by molar-refractivity contribution is 5.71. The normalized spacial score (nSPS) is 10.2. The number of methoxy groups -OCH3 is 1. The smallest absolute Gasteiger partial charge is 0.314 e. The minimum atomic E-state index is -0.419. The highest BCUT2D eigenvalue weighted by Gasteiger charge is 2.13. The van der Waals surface area contributed by atoms with Crippen LogP contribution in [0.25, 0.3) is 0 Å². The Hall–Kier alpha value is -1.71. The number of hydrogen-bond acceptors (Lipinski definition) is 2. The molecule has 0 fully saturated rings. The molecule has 0 aromatic heterocycles. The van der Waals surface area contributed by atoms with Crippen LogP contribution >= 0.6 is 0 Å². The first-order valence-electron chi connectivity index (χ1n) is 5.52. The van der Waals surface area contributed by atoms with Crippen LogP contribution in [-0.2, 0) is 6.54 Å². The van der Waals surface area contributed by atoms with Crippen LogP contribution in [0, 0.1) is 20.8 Å². The Balaban J connectivity index is 3.17. The number of hydrogen-bond donors (Lipinski definition) is 1. The van der Waals surface area contributed by atoms with Crippen molar-refractivity contribution in [3.63, 3.8) is 0 Å². The number of aryl methyl sites for hydroxylation is 1. The molecule has 0 heterocycles. The lowest BCUT2D eigenvalue weighted by molar-refractivity contribution is 0.216. The summed E-state index contributed by atoms with van der Waals surface area (Å²) in [6.45, 7) is 6.59. The van der Waals surface area contributed by atoms with Gasteiger partial charge in [-0.2, -0.15) is 0 Å². The number of primary amides is 1. The number of benzene rings is 1. The van der Waals surface area contributed by atoms with Gasteiger partial charge < -0.3 is 15.4 Å². The Morgan fingerprint density at radius 2 is 1.94 bits per heavy atom. The van der Waals surface area contributed by atoms with E-state index in [0.29, 0.717) is 6.54 Å². The van der Waals surface area contributed by atoms with E-state index in [2.05, 4.69) is 0 Å². The van der Waals surface area contributed by atoms with Gasteiger partial charge in [-0.3, -0.25) is 0 Å². The quantitative estimate of drug-likeness (QED) is 0.874. The van der Waals surface area contributed by atoms with Crippen LogP contribution in [0.2, 0.25) is 0 Å². The second-order valence-corrected chi connectivity index (χ2v) is 4.32. The Morgan fingerprint density at radius 3 is 2.41 bits per heavy atom. The zero-order valence-corrected chi connectivity index (χ0v) is 11.1. The summed E-state index contributed by atoms with van der Waals surface area (Å²) in [5.41, 5.74) is 9.73. The van der Waals surface area contributed by atoms with Crippen LogP contribution < -0.4 is 10.5 Å². The number of urea groups is 1. The van der Waals surface area contributed by atoms with Crippen LogP contribution in [0.1, 0.15) is 22.3 Å². The summed E-state index contributed by atoms with van der Waals surface area (Å²) < 4.78 is 5.31. The third kappa shape index (κ3) is 2.70. The minimum absolute atomic E-state index is 0.419. The maximum absolute atomic E-state index is 11.1. The fraction of sp³-hybridized carbons (Fsp3) is 0.462. The van der Waals surface area contributed by atoms with Gasteiger partial charge in [-0.15, -0.1) is 0 Å². The van der Waals surface area contributed by atoms with Crippen LogP contribution in [0.15, 0.2) is 6.07 Å². The molecule has 0 aliphatic rings. The fourth-order valence-electron chi connectivity index (χ4n) is 1.87. The summed E-state index contributed by atoms with van der Waals surface area (Å²) in [5, 5.41) is 0. The van der Waals surface area contributed by atoms with Crippen molar-refractivity contribution in [2.24, 2.45) is 5.73 Å². The lowest BCUT2D eigenvalue weighted by Gasteiger charge is -2.20. The fourth-order valence-corrected chi connectivity index (χ4v) is 1.87. The average Bonchev–Trinajstić information content (AvgIpc) is 2.28. The van der Waals surface area contributed by atoms with Crippen molar-refractivity contribution in [2.75, 3.05) is 14.2 Å². The molecule has 0 radical (unpaired) electrons. The third-order valence-corrected chi connectivity index (χ3v) is 3.20. The van der Waals surface area contributed by atoms with E-state index < -0.39 is 6.03 Å². The number of carbonyl (C=O) groups excluding carboxylic acids is 1. The third-order valence-electron chi connectivity index (χ3n) is 3.20. The molecular formula is C13H20N2O2. The molecule has 1 aromatic carbocycles.